The number of rotatable bonds is 7. The van der Waals surface area contributed by atoms with Crippen molar-refractivity contribution in [1.82, 2.24) is 0 Å². The van der Waals surface area contributed by atoms with Crippen LogP contribution >= 0.6 is 0 Å². The molecular formula is C12H15FO4S. The molecule has 0 radical (unpaired) electrons. The van der Waals surface area contributed by atoms with Gasteiger partial charge in [-0.1, -0.05) is 12.1 Å². The summed E-state index contributed by atoms with van der Waals surface area (Å²) in [6.45, 7) is -0.657. The molecule has 4 nitrogen and oxygen atoms in total. The number of aryl methyl sites for hydroxylation is 1. The van der Waals surface area contributed by atoms with Crippen LogP contribution in [0.4, 0.5) is 4.39 Å². The molecule has 0 aliphatic rings. The summed E-state index contributed by atoms with van der Waals surface area (Å²) in [5, 5.41) is 8.52. The van der Waals surface area contributed by atoms with Gasteiger partial charge in [-0.05, 0) is 30.5 Å². The van der Waals surface area contributed by atoms with Gasteiger partial charge < -0.3 is 5.11 Å². The lowest BCUT2D eigenvalue weighted by atomic mass is 10.1. The molecule has 0 aliphatic heterocycles. The maximum absolute atomic E-state index is 12.0. The van der Waals surface area contributed by atoms with E-state index in [1.54, 1.807) is 12.1 Å². The molecule has 0 bridgehead atoms. The molecule has 0 saturated heterocycles. The van der Waals surface area contributed by atoms with Crippen LogP contribution in [0.1, 0.15) is 18.4 Å². The van der Waals surface area contributed by atoms with Gasteiger partial charge in [0, 0.05) is 6.42 Å². The van der Waals surface area contributed by atoms with Crippen molar-refractivity contribution < 1.29 is 22.7 Å². The lowest BCUT2D eigenvalue weighted by Gasteiger charge is -2.04. The molecule has 1 N–H and O–H groups in total. The van der Waals surface area contributed by atoms with E-state index in [-0.39, 0.29) is 23.5 Å². The average Bonchev–Trinajstić information content (AvgIpc) is 2.34. The molecule has 0 aromatic heterocycles. The third kappa shape index (κ3) is 4.44. The molecule has 100 valence electrons. The molecule has 6 heteroatoms. The molecule has 0 saturated carbocycles. The fourth-order valence-corrected chi connectivity index (χ4v) is 2.75. The second-order valence-electron chi connectivity index (χ2n) is 3.90. The first-order valence-corrected chi connectivity index (χ1v) is 7.20. The molecule has 1 aromatic carbocycles. The quantitative estimate of drug-likeness (QED) is 0.823. The van der Waals surface area contributed by atoms with Crippen LogP contribution in [-0.4, -0.2) is 31.9 Å². The Morgan fingerprint density at radius 3 is 2.33 bits per heavy atom. The standard InChI is InChI=1S/C12H15FO4S/c13-8-1-9-18(16,17)11-5-2-10(3-6-11)4-7-12(14)15/h2-3,5-6H,1,4,7-9H2,(H,14,15). The van der Waals surface area contributed by atoms with Crippen molar-refractivity contribution in [1.29, 1.82) is 0 Å². The molecule has 0 fully saturated rings. The van der Waals surface area contributed by atoms with Crippen LogP contribution < -0.4 is 0 Å². The lowest BCUT2D eigenvalue weighted by molar-refractivity contribution is -0.136. The Balaban J connectivity index is 2.73. The Bertz CT molecular complexity index is 493. The maximum atomic E-state index is 12.0. The van der Waals surface area contributed by atoms with Gasteiger partial charge in [-0.3, -0.25) is 9.18 Å². The number of carboxylic acids is 1. The second kappa shape index (κ2) is 6.49. The molecule has 18 heavy (non-hydrogen) atoms. The number of alkyl halides is 1. The first kappa shape index (κ1) is 14.6. The van der Waals surface area contributed by atoms with Gasteiger partial charge in [-0.25, -0.2) is 8.42 Å². The Hall–Kier alpha value is -1.43. The first-order valence-electron chi connectivity index (χ1n) is 5.55. The predicted octanol–water partition coefficient (Wildman–Crippen LogP) is 1.84. The second-order valence-corrected chi connectivity index (χ2v) is 6.01. The molecule has 0 aliphatic carbocycles. The summed E-state index contributed by atoms with van der Waals surface area (Å²) >= 11 is 0. The molecule has 0 unspecified atom stereocenters. The van der Waals surface area contributed by atoms with E-state index >= 15 is 0 Å². The van der Waals surface area contributed by atoms with Crippen LogP contribution in [0.3, 0.4) is 0 Å². The number of aliphatic carboxylic acids is 1. The van der Waals surface area contributed by atoms with Crippen molar-refractivity contribution in [2.75, 3.05) is 12.4 Å². The molecule has 0 heterocycles. The predicted molar refractivity (Wildman–Crippen MR) is 65.0 cm³/mol. The average molecular weight is 274 g/mol. The van der Waals surface area contributed by atoms with Gasteiger partial charge in [-0.15, -0.1) is 0 Å². The number of sulfone groups is 1. The Kier molecular flexibility index (Phi) is 5.27. The molecule has 0 amide bonds. The van der Waals surface area contributed by atoms with Crippen molar-refractivity contribution in [3.05, 3.63) is 29.8 Å². The summed E-state index contributed by atoms with van der Waals surface area (Å²) in [6, 6.07) is 6.05. The van der Waals surface area contributed by atoms with Crippen LogP contribution in [0.25, 0.3) is 0 Å². The van der Waals surface area contributed by atoms with Gasteiger partial charge in [0.1, 0.15) is 0 Å². The smallest absolute Gasteiger partial charge is 0.303 e. The summed E-state index contributed by atoms with van der Waals surface area (Å²) in [7, 11) is -3.43. The van der Waals surface area contributed by atoms with E-state index in [1.807, 2.05) is 0 Å². The van der Waals surface area contributed by atoms with Crippen LogP contribution in [0.2, 0.25) is 0 Å². The Labute approximate surface area is 105 Å². The van der Waals surface area contributed by atoms with E-state index in [4.69, 9.17) is 5.11 Å². The number of carboxylic acid groups (broad SMARTS) is 1. The van der Waals surface area contributed by atoms with Crippen molar-refractivity contribution in [3.8, 4) is 0 Å². The van der Waals surface area contributed by atoms with E-state index in [0.717, 1.165) is 5.56 Å². The van der Waals surface area contributed by atoms with Crippen LogP contribution in [0.15, 0.2) is 29.2 Å². The van der Waals surface area contributed by atoms with Crippen LogP contribution in [0, 0.1) is 0 Å². The van der Waals surface area contributed by atoms with E-state index in [2.05, 4.69) is 0 Å². The van der Waals surface area contributed by atoms with Gasteiger partial charge in [0.25, 0.3) is 0 Å². The minimum Gasteiger partial charge on any atom is -0.481 e. The monoisotopic (exact) mass is 274 g/mol. The normalized spacial score (nSPS) is 11.4. The highest BCUT2D eigenvalue weighted by Crippen LogP contribution is 2.14. The van der Waals surface area contributed by atoms with Crippen molar-refractivity contribution in [2.24, 2.45) is 0 Å². The third-order valence-corrected chi connectivity index (χ3v) is 4.27. The van der Waals surface area contributed by atoms with E-state index in [1.165, 1.54) is 12.1 Å². The van der Waals surface area contributed by atoms with Gasteiger partial charge in [0.05, 0.1) is 17.3 Å². The summed E-state index contributed by atoms with van der Waals surface area (Å²) < 4.78 is 35.4. The molecule has 1 rings (SSSR count). The topological polar surface area (TPSA) is 71.4 Å². The van der Waals surface area contributed by atoms with E-state index in [0.29, 0.717) is 6.42 Å². The molecule has 1 aromatic rings. The number of hydrogen-bond acceptors (Lipinski definition) is 3. The highest BCUT2D eigenvalue weighted by Gasteiger charge is 2.13. The van der Waals surface area contributed by atoms with Gasteiger partial charge >= 0.3 is 5.97 Å². The fourth-order valence-electron chi connectivity index (χ4n) is 1.48. The summed E-state index contributed by atoms with van der Waals surface area (Å²) in [5.41, 5.74) is 0.766. The zero-order valence-corrected chi connectivity index (χ0v) is 10.6. The summed E-state index contributed by atoms with van der Waals surface area (Å²) in [6.07, 6.45) is 0.358. The lowest BCUT2D eigenvalue weighted by Crippen LogP contribution is -2.07. The van der Waals surface area contributed by atoms with Crippen LogP contribution in [-0.2, 0) is 21.1 Å². The summed E-state index contributed by atoms with van der Waals surface area (Å²) in [5.74, 6) is -1.10. The highest BCUT2D eigenvalue weighted by molar-refractivity contribution is 7.91. The van der Waals surface area contributed by atoms with Gasteiger partial charge in [-0.2, -0.15) is 0 Å². The maximum Gasteiger partial charge on any atom is 0.303 e. The first-order chi connectivity index (χ1) is 8.45. The molecule has 0 spiro atoms. The van der Waals surface area contributed by atoms with Crippen molar-refractivity contribution >= 4 is 15.8 Å². The zero-order valence-electron chi connectivity index (χ0n) is 9.80. The number of halogens is 1. The van der Waals surface area contributed by atoms with Crippen molar-refractivity contribution in [2.45, 2.75) is 24.2 Å². The summed E-state index contributed by atoms with van der Waals surface area (Å²) in [4.78, 5) is 10.5. The van der Waals surface area contributed by atoms with Crippen LogP contribution in [0.5, 0.6) is 0 Å². The fraction of sp³-hybridized carbons (Fsp3) is 0.417. The molecular weight excluding hydrogens is 259 g/mol. The molecule has 0 atom stereocenters. The zero-order chi connectivity index (χ0) is 13.6. The highest BCUT2D eigenvalue weighted by atomic mass is 32.2. The van der Waals surface area contributed by atoms with E-state index in [9.17, 15) is 17.6 Å². The minimum absolute atomic E-state index is 0.00788. The number of benzene rings is 1. The Morgan fingerprint density at radius 1 is 1.22 bits per heavy atom. The number of hydrogen-bond donors (Lipinski definition) is 1. The van der Waals surface area contributed by atoms with E-state index < -0.39 is 22.5 Å². The van der Waals surface area contributed by atoms with Crippen molar-refractivity contribution in [3.63, 3.8) is 0 Å². The minimum atomic E-state index is -3.43. The largest absolute Gasteiger partial charge is 0.481 e. The third-order valence-electron chi connectivity index (χ3n) is 2.46. The SMILES string of the molecule is O=C(O)CCc1ccc(S(=O)(=O)CCCF)cc1. The van der Waals surface area contributed by atoms with Gasteiger partial charge in [0.15, 0.2) is 9.84 Å². The number of carbonyl (C=O) groups is 1. The van der Waals surface area contributed by atoms with Gasteiger partial charge in [0.2, 0.25) is 0 Å². The Morgan fingerprint density at radius 2 is 1.83 bits per heavy atom.